The third-order valence-electron chi connectivity index (χ3n) is 17.1. The number of anilines is 3. The fraction of sp³-hybridized carbons (Fsp3) is 0.456. The molecule has 2 amide bonds. The number of carbonyl (C=O) groups is 2. The number of hydrogen-bond donors (Lipinski definition) is 7. The first-order valence-corrected chi connectivity index (χ1v) is 30.0. The van der Waals surface area contributed by atoms with Crippen LogP contribution in [-0.2, 0) is 9.59 Å². The number of unbranched alkanes of at least 4 members (excludes halogenated alkanes) is 6. The van der Waals surface area contributed by atoms with Gasteiger partial charge in [-0.1, -0.05) is 95.9 Å². The zero-order valence-corrected chi connectivity index (χ0v) is 49.6. The van der Waals surface area contributed by atoms with Gasteiger partial charge in [0.25, 0.3) is 0 Å². The van der Waals surface area contributed by atoms with Gasteiger partial charge >= 0.3 is 0 Å². The van der Waals surface area contributed by atoms with E-state index in [1.165, 1.54) is 16.2 Å². The van der Waals surface area contributed by atoms with Crippen LogP contribution < -0.4 is 42.2 Å². The van der Waals surface area contributed by atoms with Crippen molar-refractivity contribution in [3.8, 4) is 5.69 Å². The number of hydrogen-bond acceptors (Lipinski definition) is 8. The molecule has 12 heteroatoms. The molecule has 9 rings (SSSR count). The maximum absolute atomic E-state index is 14.2. The van der Waals surface area contributed by atoms with E-state index in [1.54, 1.807) is 0 Å². The molecule has 3 aliphatic rings. The number of benzene rings is 5. The van der Waals surface area contributed by atoms with Gasteiger partial charge in [-0.25, -0.2) is 9.98 Å². The fourth-order valence-electron chi connectivity index (χ4n) is 13.0. The zero-order chi connectivity index (χ0) is 57.0. The predicted molar refractivity (Wildman–Crippen MR) is 334 cm³/mol. The quantitative estimate of drug-likeness (QED) is 0.0154. The third kappa shape index (κ3) is 14.1. The summed E-state index contributed by atoms with van der Waals surface area (Å²) >= 11 is 0. The molecule has 6 aromatic rings. The van der Waals surface area contributed by atoms with Gasteiger partial charge in [-0.05, 0) is 156 Å². The standard InChI is InChI=1S/C66H84N10O2.C2H6/c1-44-32-49-41-65(6,63(77)71-30-20-10-8-19-29-70-56-39-62-59(36-48(56)5)74-58-34-46(3)54(68)37-61(58)76(62)52-24-16-13-17-25-52)43-66(40-44,42-49)64(78)72-31-21-11-9-18-28-69-55-38-60(75(7)51-22-14-12-15-23-51)57(35-47(55)4)73-50-26-27-53(67)45(2)33-50;1-2/h12-17,22-25,27,33-39,44,49,69H,8-11,18-21,26,28-32,40-43,67H2,1-7H3,(H4,68,70,71,72,77,78);1-2H3/p+2. The van der Waals surface area contributed by atoms with Crippen molar-refractivity contribution in [2.45, 2.75) is 145 Å². The van der Waals surface area contributed by atoms with Crippen molar-refractivity contribution < 1.29 is 19.1 Å². The molecule has 0 radical (unpaired) electrons. The Hall–Kier alpha value is -7.05. The number of aromatic nitrogens is 2. The van der Waals surface area contributed by atoms with E-state index in [0.717, 1.165) is 181 Å². The number of nitrogen functional groups attached to an aromatic ring is 1. The maximum Gasteiger partial charge on any atom is 0.239 e. The number of aryl methyl sites for hydroxylation is 3. The Kier molecular flexibility index (Phi) is 19.9. The molecule has 2 bridgehead atoms. The molecule has 424 valence electrons. The third-order valence-corrected chi connectivity index (χ3v) is 17.1. The highest BCUT2D eigenvalue weighted by Gasteiger charge is 2.55. The molecule has 2 saturated carbocycles. The van der Waals surface area contributed by atoms with Crippen molar-refractivity contribution in [3.05, 3.63) is 137 Å². The van der Waals surface area contributed by atoms with Crippen molar-refractivity contribution in [1.82, 2.24) is 15.6 Å². The van der Waals surface area contributed by atoms with Crippen LogP contribution in [0.5, 0.6) is 0 Å². The lowest BCUT2D eigenvalue weighted by molar-refractivity contribution is -0.734. The van der Waals surface area contributed by atoms with Gasteiger partial charge in [0.05, 0.1) is 12.5 Å². The van der Waals surface area contributed by atoms with Crippen molar-refractivity contribution in [2.24, 2.45) is 33.4 Å². The van der Waals surface area contributed by atoms with Gasteiger partial charge < -0.3 is 32.7 Å². The Morgan fingerprint density at radius 1 is 0.700 bits per heavy atom. The first-order valence-electron chi connectivity index (χ1n) is 30.0. The molecule has 1 aromatic heterocycles. The molecule has 3 aliphatic carbocycles. The van der Waals surface area contributed by atoms with Crippen LogP contribution in [0.1, 0.15) is 141 Å². The van der Waals surface area contributed by atoms with E-state index in [1.807, 2.05) is 39.8 Å². The average Bonchev–Trinajstić information content (AvgIpc) is 3.56. The van der Waals surface area contributed by atoms with E-state index < -0.39 is 10.8 Å². The smallest absolute Gasteiger partial charge is 0.239 e. The lowest BCUT2D eigenvalue weighted by Gasteiger charge is -2.52. The van der Waals surface area contributed by atoms with Gasteiger partial charge in [0.1, 0.15) is 22.4 Å². The first-order chi connectivity index (χ1) is 38.6. The normalized spacial score (nSPS) is 20.5. The van der Waals surface area contributed by atoms with Gasteiger partial charge in [-0.3, -0.25) is 14.5 Å². The number of carbonyl (C=O) groups excluding carboxylic acids is 2. The predicted octanol–water partition coefficient (Wildman–Crippen LogP) is 13.0. The lowest BCUT2D eigenvalue weighted by Crippen LogP contribution is -2.98. The number of quaternary nitrogens is 1. The van der Waals surface area contributed by atoms with Crippen molar-refractivity contribution >= 4 is 73.7 Å². The Morgan fingerprint density at radius 2 is 1.27 bits per heavy atom. The van der Waals surface area contributed by atoms with Crippen LogP contribution in [0.4, 0.5) is 34.1 Å². The second-order valence-electron chi connectivity index (χ2n) is 23.6. The van der Waals surface area contributed by atoms with Gasteiger partial charge in [-0.2, -0.15) is 0 Å². The summed E-state index contributed by atoms with van der Waals surface area (Å²) in [4.78, 5) is 39.7. The number of nitrogens with zero attached hydrogens (tertiary/aromatic N) is 3. The van der Waals surface area contributed by atoms with E-state index in [4.69, 9.17) is 21.4 Å². The summed E-state index contributed by atoms with van der Waals surface area (Å²) in [6.07, 6.45) is 17.3. The van der Waals surface area contributed by atoms with E-state index in [-0.39, 0.29) is 11.8 Å². The van der Waals surface area contributed by atoms with Crippen molar-refractivity contribution in [1.29, 1.82) is 0 Å². The molecule has 9 N–H and O–H groups in total. The second kappa shape index (κ2) is 26.9. The largest absolute Gasteiger partial charge is 0.399 e. The summed E-state index contributed by atoms with van der Waals surface area (Å²) in [7, 11) is 2.18. The number of para-hydroxylation sites is 2. The van der Waals surface area contributed by atoms with Gasteiger partial charge in [0, 0.05) is 96.8 Å². The molecule has 80 heavy (non-hydrogen) atoms. The number of allylic oxidation sites excluding steroid dienone is 3. The first kappa shape index (κ1) is 59.1. The topological polar surface area (TPSA) is 168 Å². The molecule has 0 saturated heterocycles. The molecular weight excluding hydrogens is 989 g/mol. The molecule has 1 heterocycles. The van der Waals surface area contributed by atoms with E-state index in [2.05, 4.69) is 158 Å². The average molecular weight is 1080 g/mol. The maximum atomic E-state index is 14.2. The van der Waals surface area contributed by atoms with Gasteiger partial charge in [-0.15, -0.1) is 4.57 Å². The number of nitrogens with one attached hydrogen (secondary N) is 5. The minimum atomic E-state index is -0.551. The van der Waals surface area contributed by atoms with Gasteiger partial charge in [0.2, 0.25) is 28.5 Å². The highest BCUT2D eigenvalue weighted by molar-refractivity contribution is 6.00. The summed E-state index contributed by atoms with van der Waals surface area (Å²) in [5.74, 6) is 1.13. The molecule has 5 atom stereocenters. The Morgan fingerprint density at radius 3 is 1.93 bits per heavy atom. The molecule has 12 nitrogen and oxygen atoms in total. The second-order valence-corrected chi connectivity index (χ2v) is 23.6. The van der Waals surface area contributed by atoms with E-state index in [0.29, 0.717) is 31.3 Å². The van der Waals surface area contributed by atoms with E-state index >= 15 is 0 Å². The van der Waals surface area contributed by atoms with Crippen LogP contribution in [0.3, 0.4) is 0 Å². The van der Waals surface area contributed by atoms with Crippen LogP contribution in [0.15, 0.2) is 125 Å². The van der Waals surface area contributed by atoms with Crippen LogP contribution in [0, 0.1) is 43.4 Å². The molecule has 0 aliphatic heterocycles. The summed E-state index contributed by atoms with van der Waals surface area (Å²) in [5.41, 5.74) is 29.0. The Bertz CT molecular complexity index is 3220. The molecule has 5 aromatic carbocycles. The summed E-state index contributed by atoms with van der Waals surface area (Å²) in [6, 6.07) is 33.9. The van der Waals surface area contributed by atoms with Crippen LogP contribution >= 0.6 is 0 Å². The monoisotopic (exact) mass is 1080 g/mol. The van der Waals surface area contributed by atoms with Crippen LogP contribution in [0.25, 0.3) is 27.8 Å². The Labute approximate surface area is 477 Å². The zero-order valence-electron chi connectivity index (χ0n) is 49.6. The van der Waals surface area contributed by atoms with Crippen molar-refractivity contribution in [2.75, 3.05) is 49.6 Å². The number of nitrogens with two attached hydrogens (primary N) is 2. The highest BCUT2D eigenvalue weighted by atomic mass is 16.2. The molecular formula is C68H92N10O2+2. The number of amides is 2. The molecule has 0 spiro atoms. The SMILES string of the molecule is CC.CC1=CC(=Nc2cc(C)c(NCCCCCCNC(=O)C34CC(C)CC(CC(C)(C(=O)NCCCCCCNc5cc6c(cc5C)nc5cc(C)c(N)cc5[n+]6-c5ccccc5)C3)C4)cc2[NH+](C)c2ccccc2)CC=C1N. The summed E-state index contributed by atoms with van der Waals surface area (Å²) in [6.45, 7) is 19.8. The molecule has 5 unspecified atom stereocenters. The minimum Gasteiger partial charge on any atom is -0.399 e. The van der Waals surface area contributed by atoms with Crippen molar-refractivity contribution in [3.63, 3.8) is 0 Å². The summed E-state index contributed by atoms with van der Waals surface area (Å²) in [5, 5.41) is 14.2. The number of aliphatic imine (C=N–C) groups is 1. The minimum absolute atomic E-state index is 0.116. The fourth-order valence-corrected chi connectivity index (χ4v) is 13.0. The number of fused-ring (bicyclic) bond motifs is 4. The number of rotatable bonds is 22. The lowest BCUT2D eigenvalue weighted by atomic mass is 9.51. The summed E-state index contributed by atoms with van der Waals surface area (Å²) < 4.78 is 2.26. The van der Waals surface area contributed by atoms with Gasteiger partial charge in [0.15, 0.2) is 5.69 Å². The Balaban J connectivity index is 0.00000416. The van der Waals surface area contributed by atoms with Crippen LogP contribution in [0.2, 0.25) is 0 Å². The molecule has 2 fully saturated rings. The van der Waals surface area contributed by atoms with Crippen LogP contribution in [-0.4, -0.2) is 55.7 Å². The highest BCUT2D eigenvalue weighted by Crippen LogP contribution is 2.57. The van der Waals surface area contributed by atoms with E-state index in [9.17, 15) is 9.59 Å².